The fourth-order valence-electron chi connectivity index (χ4n) is 2.23. The summed E-state index contributed by atoms with van der Waals surface area (Å²) >= 11 is 1.44. The van der Waals surface area contributed by atoms with Crippen LogP contribution in [0.4, 0.5) is 11.4 Å². The topological polar surface area (TPSA) is 99.7 Å². The van der Waals surface area contributed by atoms with E-state index in [0.29, 0.717) is 5.56 Å². The molecule has 0 aliphatic heterocycles. The van der Waals surface area contributed by atoms with Crippen molar-refractivity contribution in [1.82, 2.24) is 0 Å². The third-order valence-corrected chi connectivity index (χ3v) is 5.06. The Morgan fingerprint density at radius 1 is 1.20 bits per heavy atom. The number of amidine groups is 1. The molecule has 25 heavy (non-hydrogen) atoms. The molecule has 0 radical (unpaired) electrons. The SMILES string of the molecule is CC1(C(=O)Nc2cccc(NSc3ccc(/C(N)=N/O)cc3)c2)CC1. The number of nitrogens with zero attached hydrogens (tertiary/aromatic N) is 1. The van der Waals surface area contributed by atoms with Gasteiger partial charge < -0.3 is 21.0 Å². The number of benzene rings is 2. The number of nitrogens with one attached hydrogen (secondary N) is 2. The van der Waals surface area contributed by atoms with Crippen LogP contribution in [0.3, 0.4) is 0 Å². The first kappa shape index (κ1) is 17.2. The maximum Gasteiger partial charge on any atom is 0.230 e. The minimum atomic E-state index is -0.195. The average Bonchev–Trinajstić information content (AvgIpc) is 3.39. The summed E-state index contributed by atoms with van der Waals surface area (Å²) in [5.41, 5.74) is 7.68. The van der Waals surface area contributed by atoms with Crippen molar-refractivity contribution < 1.29 is 10.0 Å². The van der Waals surface area contributed by atoms with Crippen molar-refractivity contribution in [1.29, 1.82) is 0 Å². The van der Waals surface area contributed by atoms with Crippen molar-refractivity contribution in [3.05, 3.63) is 54.1 Å². The predicted octanol–water partition coefficient (Wildman–Crippen LogP) is 3.64. The van der Waals surface area contributed by atoms with Gasteiger partial charge in [-0.2, -0.15) is 0 Å². The first-order chi connectivity index (χ1) is 12.0. The Kier molecular flexibility index (Phi) is 4.85. The van der Waals surface area contributed by atoms with Crippen LogP contribution in [0.1, 0.15) is 25.3 Å². The van der Waals surface area contributed by atoms with Gasteiger partial charge in [-0.3, -0.25) is 4.79 Å². The van der Waals surface area contributed by atoms with E-state index in [1.54, 1.807) is 12.1 Å². The van der Waals surface area contributed by atoms with Gasteiger partial charge in [0.2, 0.25) is 5.91 Å². The van der Waals surface area contributed by atoms with Crippen molar-refractivity contribution in [2.75, 3.05) is 10.0 Å². The molecule has 0 heterocycles. The van der Waals surface area contributed by atoms with Gasteiger partial charge >= 0.3 is 0 Å². The van der Waals surface area contributed by atoms with Gasteiger partial charge in [0.1, 0.15) is 0 Å². The minimum Gasteiger partial charge on any atom is -0.409 e. The molecule has 2 aromatic carbocycles. The van der Waals surface area contributed by atoms with Crippen molar-refractivity contribution in [3.63, 3.8) is 0 Å². The molecule has 0 atom stereocenters. The van der Waals surface area contributed by atoms with E-state index in [9.17, 15) is 4.79 Å². The number of carbonyl (C=O) groups excluding carboxylic acids is 1. The molecule has 3 rings (SSSR count). The summed E-state index contributed by atoms with van der Waals surface area (Å²) in [7, 11) is 0. The van der Waals surface area contributed by atoms with Crippen molar-refractivity contribution in [2.24, 2.45) is 16.3 Å². The Morgan fingerprint density at radius 2 is 1.88 bits per heavy atom. The summed E-state index contributed by atoms with van der Waals surface area (Å²) in [6.07, 6.45) is 1.91. The summed E-state index contributed by atoms with van der Waals surface area (Å²) in [5.74, 6) is 0.160. The molecular formula is C18H20N4O2S. The maximum absolute atomic E-state index is 12.1. The molecule has 1 amide bonds. The molecule has 0 saturated heterocycles. The molecule has 1 fully saturated rings. The van der Waals surface area contributed by atoms with E-state index in [1.807, 2.05) is 43.3 Å². The van der Waals surface area contributed by atoms with Crippen LogP contribution in [0.5, 0.6) is 0 Å². The van der Waals surface area contributed by atoms with Gasteiger partial charge in [0.15, 0.2) is 5.84 Å². The first-order valence-corrected chi connectivity index (χ1v) is 8.74. The normalized spacial score (nSPS) is 15.5. The molecule has 0 aromatic heterocycles. The van der Waals surface area contributed by atoms with Gasteiger partial charge in [-0.1, -0.05) is 18.1 Å². The highest BCUT2D eigenvalue weighted by Crippen LogP contribution is 2.45. The Bertz CT molecular complexity index is 801. The number of amides is 1. The highest BCUT2D eigenvalue weighted by Gasteiger charge is 2.44. The second-order valence-electron chi connectivity index (χ2n) is 6.31. The second kappa shape index (κ2) is 7.06. The summed E-state index contributed by atoms with van der Waals surface area (Å²) < 4.78 is 3.25. The summed E-state index contributed by atoms with van der Waals surface area (Å²) in [4.78, 5) is 13.1. The van der Waals surface area contributed by atoms with Gasteiger partial charge in [0.05, 0.1) is 0 Å². The molecule has 1 aliphatic carbocycles. The smallest absolute Gasteiger partial charge is 0.230 e. The van der Waals surface area contributed by atoms with Crippen LogP contribution in [-0.4, -0.2) is 17.0 Å². The summed E-state index contributed by atoms with van der Waals surface area (Å²) in [5, 5.41) is 14.6. The molecule has 1 saturated carbocycles. The largest absolute Gasteiger partial charge is 0.409 e. The number of carbonyl (C=O) groups is 1. The highest BCUT2D eigenvalue weighted by atomic mass is 32.2. The lowest BCUT2D eigenvalue weighted by atomic mass is 10.1. The lowest BCUT2D eigenvalue weighted by Gasteiger charge is -2.12. The van der Waals surface area contributed by atoms with Crippen LogP contribution in [-0.2, 0) is 4.79 Å². The Morgan fingerprint density at radius 3 is 2.52 bits per heavy atom. The molecule has 130 valence electrons. The third kappa shape index (κ3) is 4.24. The molecule has 0 spiro atoms. The average molecular weight is 356 g/mol. The molecule has 1 aliphatic rings. The standard InChI is InChI=1S/C18H20N4O2S/c1-18(9-10-18)17(23)20-13-3-2-4-14(11-13)22-25-15-7-5-12(6-8-15)16(19)21-24/h2-8,11,22,24H,9-10H2,1H3,(H2,19,21)(H,20,23). The van der Waals surface area contributed by atoms with E-state index in [2.05, 4.69) is 15.2 Å². The first-order valence-electron chi connectivity index (χ1n) is 7.92. The zero-order chi connectivity index (χ0) is 17.9. The van der Waals surface area contributed by atoms with Gasteiger partial charge in [0.25, 0.3) is 0 Å². The van der Waals surface area contributed by atoms with E-state index < -0.39 is 0 Å². The van der Waals surface area contributed by atoms with Gasteiger partial charge in [-0.15, -0.1) is 0 Å². The van der Waals surface area contributed by atoms with Crippen LogP contribution < -0.4 is 15.8 Å². The Balaban J connectivity index is 1.59. The molecule has 5 N–H and O–H groups in total. The van der Waals surface area contributed by atoms with E-state index in [-0.39, 0.29) is 17.2 Å². The highest BCUT2D eigenvalue weighted by molar-refractivity contribution is 8.00. The van der Waals surface area contributed by atoms with Crippen LogP contribution in [0, 0.1) is 5.41 Å². The Labute approximate surface area is 150 Å². The van der Waals surface area contributed by atoms with Gasteiger partial charge in [-0.05, 0) is 67.3 Å². The molecule has 2 aromatic rings. The van der Waals surface area contributed by atoms with E-state index in [1.165, 1.54) is 11.9 Å². The lowest BCUT2D eigenvalue weighted by molar-refractivity contribution is -0.120. The number of rotatable bonds is 6. The van der Waals surface area contributed by atoms with Gasteiger partial charge in [-0.25, -0.2) is 0 Å². The molecule has 7 heteroatoms. The fraction of sp³-hybridized carbons (Fsp3) is 0.222. The quantitative estimate of drug-likeness (QED) is 0.208. The number of nitrogens with two attached hydrogens (primary N) is 1. The fourth-order valence-corrected chi connectivity index (χ4v) is 2.86. The van der Waals surface area contributed by atoms with E-state index in [4.69, 9.17) is 10.9 Å². The van der Waals surface area contributed by atoms with Crippen LogP contribution in [0.25, 0.3) is 0 Å². The third-order valence-electron chi connectivity index (χ3n) is 4.21. The second-order valence-corrected chi connectivity index (χ2v) is 7.19. The monoisotopic (exact) mass is 356 g/mol. The van der Waals surface area contributed by atoms with E-state index in [0.717, 1.165) is 29.1 Å². The lowest BCUT2D eigenvalue weighted by Crippen LogP contribution is -2.21. The summed E-state index contributed by atoms with van der Waals surface area (Å²) in [6.45, 7) is 1.98. The van der Waals surface area contributed by atoms with Crippen molar-refractivity contribution in [2.45, 2.75) is 24.7 Å². The summed E-state index contributed by atoms with van der Waals surface area (Å²) in [6, 6.07) is 14.9. The zero-order valence-corrected chi connectivity index (χ0v) is 14.6. The van der Waals surface area contributed by atoms with Crippen molar-refractivity contribution >= 4 is 35.1 Å². The van der Waals surface area contributed by atoms with E-state index >= 15 is 0 Å². The molecule has 6 nitrogen and oxygen atoms in total. The molecule has 0 unspecified atom stereocenters. The number of oxime groups is 1. The van der Waals surface area contributed by atoms with Crippen LogP contribution in [0.15, 0.2) is 58.6 Å². The van der Waals surface area contributed by atoms with Crippen LogP contribution >= 0.6 is 11.9 Å². The predicted molar refractivity (Wildman–Crippen MR) is 101 cm³/mol. The van der Waals surface area contributed by atoms with Gasteiger partial charge in [0, 0.05) is 27.2 Å². The molecule has 0 bridgehead atoms. The zero-order valence-electron chi connectivity index (χ0n) is 13.8. The molecular weight excluding hydrogens is 336 g/mol. The number of hydrogen-bond acceptors (Lipinski definition) is 5. The van der Waals surface area contributed by atoms with Crippen molar-refractivity contribution in [3.8, 4) is 0 Å². The maximum atomic E-state index is 12.1. The number of anilines is 2. The number of hydrogen-bond donors (Lipinski definition) is 4. The van der Waals surface area contributed by atoms with Crippen LogP contribution in [0.2, 0.25) is 0 Å². The Hall–Kier alpha value is -2.67. The minimum absolute atomic E-state index is 0.0797.